The van der Waals surface area contributed by atoms with E-state index in [1.165, 1.54) is 12.1 Å². The van der Waals surface area contributed by atoms with Crippen molar-refractivity contribution in [2.45, 2.75) is 6.92 Å². The predicted octanol–water partition coefficient (Wildman–Crippen LogP) is 3.97. The normalized spacial score (nSPS) is 10.3. The quantitative estimate of drug-likeness (QED) is 0.597. The molecule has 0 saturated heterocycles. The van der Waals surface area contributed by atoms with E-state index < -0.39 is 0 Å². The van der Waals surface area contributed by atoms with Crippen LogP contribution in [-0.4, -0.2) is 5.78 Å². The molecule has 3 heteroatoms. The summed E-state index contributed by atoms with van der Waals surface area (Å²) in [6, 6.07) is 11.7. The van der Waals surface area contributed by atoms with Crippen LogP contribution in [-0.2, 0) is 0 Å². The monoisotopic (exact) mass is 340 g/mol. The van der Waals surface area contributed by atoms with Gasteiger partial charge >= 0.3 is 0 Å². The second-order valence-electron chi connectivity index (χ2n) is 3.83. The minimum absolute atomic E-state index is 0.141. The molecule has 0 saturated carbocycles. The molecule has 2 aromatic rings. The first-order valence-corrected chi connectivity index (χ1v) is 6.22. The average Bonchev–Trinajstić information content (AvgIpc) is 2.27. The van der Waals surface area contributed by atoms with Gasteiger partial charge in [0.25, 0.3) is 0 Å². The summed E-state index contributed by atoms with van der Waals surface area (Å²) in [6.45, 7) is 1.77. The van der Waals surface area contributed by atoms with Crippen molar-refractivity contribution in [2.24, 2.45) is 0 Å². The molecular weight excluding hydrogens is 330 g/mol. The Morgan fingerprint density at radius 1 is 1.18 bits per heavy atom. The van der Waals surface area contributed by atoms with Gasteiger partial charge in [-0.05, 0) is 65.4 Å². The highest BCUT2D eigenvalue weighted by molar-refractivity contribution is 14.1. The zero-order chi connectivity index (χ0) is 12.4. The number of carbonyl (C=O) groups excluding carboxylic acids is 1. The number of hydrogen-bond acceptors (Lipinski definition) is 1. The Balaban J connectivity index is 2.48. The number of hydrogen-bond donors (Lipinski definition) is 0. The third kappa shape index (κ3) is 2.72. The Morgan fingerprint density at radius 2 is 1.88 bits per heavy atom. The van der Waals surface area contributed by atoms with Crippen LogP contribution in [0.5, 0.6) is 0 Å². The molecule has 0 aliphatic carbocycles. The summed E-state index contributed by atoms with van der Waals surface area (Å²) in [6.07, 6.45) is 0. The maximum atomic E-state index is 13.3. The summed E-state index contributed by atoms with van der Waals surface area (Å²) in [4.78, 5) is 12.2. The van der Waals surface area contributed by atoms with E-state index in [1.807, 2.05) is 18.2 Å². The molecule has 0 amide bonds. The molecule has 86 valence electrons. The molecule has 0 spiro atoms. The van der Waals surface area contributed by atoms with Crippen LogP contribution in [0.25, 0.3) is 0 Å². The van der Waals surface area contributed by atoms with Gasteiger partial charge in [-0.15, -0.1) is 0 Å². The molecule has 0 unspecified atom stereocenters. The van der Waals surface area contributed by atoms with Gasteiger partial charge in [-0.2, -0.15) is 0 Å². The van der Waals surface area contributed by atoms with Crippen molar-refractivity contribution in [3.63, 3.8) is 0 Å². The van der Waals surface area contributed by atoms with Crippen molar-refractivity contribution in [2.75, 3.05) is 0 Å². The third-order valence-corrected chi connectivity index (χ3v) is 3.36. The zero-order valence-corrected chi connectivity index (χ0v) is 11.4. The van der Waals surface area contributed by atoms with Crippen molar-refractivity contribution < 1.29 is 9.18 Å². The van der Waals surface area contributed by atoms with E-state index in [2.05, 4.69) is 22.6 Å². The summed E-state index contributed by atoms with van der Waals surface area (Å²) in [5.41, 5.74) is 1.75. The Labute approximate surface area is 113 Å². The second kappa shape index (κ2) is 4.96. The molecule has 0 atom stereocenters. The van der Waals surface area contributed by atoms with E-state index >= 15 is 0 Å². The summed E-state index contributed by atoms with van der Waals surface area (Å²) in [5, 5.41) is 0. The van der Waals surface area contributed by atoms with Crippen LogP contribution >= 0.6 is 22.6 Å². The maximum Gasteiger partial charge on any atom is 0.194 e. The lowest BCUT2D eigenvalue weighted by Crippen LogP contribution is -2.04. The molecule has 0 aliphatic heterocycles. The van der Waals surface area contributed by atoms with Gasteiger partial charge in [0.2, 0.25) is 0 Å². The Bertz CT molecular complexity index is 558. The van der Waals surface area contributed by atoms with Gasteiger partial charge in [0, 0.05) is 14.7 Å². The van der Waals surface area contributed by atoms with Crippen LogP contribution in [0.3, 0.4) is 0 Å². The van der Waals surface area contributed by atoms with Gasteiger partial charge in [-0.3, -0.25) is 4.79 Å². The van der Waals surface area contributed by atoms with E-state index in [0.29, 0.717) is 11.1 Å². The summed E-state index contributed by atoms with van der Waals surface area (Å²) >= 11 is 2.11. The first kappa shape index (κ1) is 12.2. The molecule has 0 radical (unpaired) electrons. The predicted molar refractivity (Wildman–Crippen MR) is 73.7 cm³/mol. The molecule has 1 nitrogen and oxygen atoms in total. The number of carbonyl (C=O) groups is 1. The van der Waals surface area contributed by atoms with Gasteiger partial charge < -0.3 is 0 Å². The van der Waals surface area contributed by atoms with E-state index in [9.17, 15) is 9.18 Å². The molecular formula is C14H10FIO. The van der Waals surface area contributed by atoms with Crippen LogP contribution in [0.4, 0.5) is 4.39 Å². The molecule has 17 heavy (non-hydrogen) atoms. The fraction of sp³-hybridized carbons (Fsp3) is 0.0714. The summed E-state index contributed by atoms with van der Waals surface area (Å²) in [5.74, 6) is -0.517. The lowest BCUT2D eigenvalue weighted by Gasteiger charge is -2.05. The molecule has 0 bridgehead atoms. The van der Waals surface area contributed by atoms with Gasteiger partial charge in [-0.25, -0.2) is 4.39 Å². The van der Waals surface area contributed by atoms with Crippen LogP contribution < -0.4 is 0 Å². The lowest BCUT2D eigenvalue weighted by atomic mass is 10.0. The Kier molecular flexibility index (Phi) is 3.57. The van der Waals surface area contributed by atoms with Crippen LogP contribution in [0.1, 0.15) is 21.5 Å². The maximum absolute atomic E-state index is 13.3. The minimum atomic E-state index is -0.376. The fourth-order valence-electron chi connectivity index (χ4n) is 1.67. The Morgan fingerprint density at radius 3 is 2.53 bits per heavy atom. The Hall–Kier alpha value is -1.23. The van der Waals surface area contributed by atoms with Gasteiger partial charge in [-0.1, -0.05) is 12.1 Å². The first-order valence-electron chi connectivity index (χ1n) is 5.14. The van der Waals surface area contributed by atoms with Crippen molar-refractivity contribution >= 4 is 28.4 Å². The highest BCUT2D eigenvalue weighted by Crippen LogP contribution is 2.18. The van der Waals surface area contributed by atoms with Crippen LogP contribution in [0.2, 0.25) is 0 Å². The van der Waals surface area contributed by atoms with Crippen LogP contribution in [0, 0.1) is 16.3 Å². The average molecular weight is 340 g/mol. The van der Waals surface area contributed by atoms with Crippen molar-refractivity contribution in [3.05, 3.63) is 68.5 Å². The second-order valence-corrected chi connectivity index (χ2v) is 4.99. The number of rotatable bonds is 2. The summed E-state index contributed by atoms with van der Waals surface area (Å²) < 4.78 is 14.1. The highest BCUT2D eigenvalue weighted by atomic mass is 127. The molecule has 0 aromatic heterocycles. The molecule has 2 rings (SSSR count). The molecule has 2 aromatic carbocycles. The van der Waals surface area contributed by atoms with Crippen molar-refractivity contribution in [1.29, 1.82) is 0 Å². The SMILES string of the molecule is Cc1cc(F)cc(C(=O)c2ccccc2I)c1. The zero-order valence-electron chi connectivity index (χ0n) is 9.21. The van der Waals surface area contributed by atoms with E-state index in [0.717, 1.165) is 9.13 Å². The minimum Gasteiger partial charge on any atom is -0.289 e. The van der Waals surface area contributed by atoms with E-state index in [1.54, 1.807) is 19.1 Å². The number of aryl methyl sites for hydroxylation is 1. The van der Waals surface area contributed by atoms with E-state index in [4.69, 9.17) is 0 Å². The third-order valence-electron chi connectivity index (χ3n) is 2.42. The molecule has 0 heterocycles. The topological polar surface area (TPSA) is 17.1 Å². The smallest absolute Gasteiger partial charge is 0.194 e. The molecule has 0 aliphatic rings. The standard InChI is InChI=1S/C14H10FIO/c1-9-6-10(8-11(15)7-9)14(17)12-4-2-3-5-13(12)16/h2-8H,1H3. The number of ketones is 1. The molecule has 0 N–H and O–H groups in total. The van der Waals surface area contributed by atoms with Crippen molar-refractivity contribution in [3.8, 4) is 0 Å². The molecule has 0 fully saturated rings. The number of halogens is 2. The highest BCUT2D eigenvalue weighted by Gasteiger charge is 2.13. The lowest BCUT2D eigenvalue weighted by molar-refractivity contribution is 0.103. The van der Waals surface area contributed by atoms with E-state index in [-0.39, 0.29) is 11.6 Å². The summed E-state index contributed by atoms with van der Waals surface area (Å²) in [7, 11) is 0. The fourth-order valence-corrected chi connectivity index (χ4v) is 2.30. The largest absolute Gasteiger partial charge is 0.289 e. The van der Waals surface area contributed by atoms with Gasteiger partial charge in [0.1, 0.15) is 5.82 Å². The van der Waals surface area contributed by atoms with Gasteiger partial charge in [0.15, 0.2) is 5.78 Å². The van der Waals surface area contributed by atoms with Gasteiger partial charge in [0.05, 0.1) is 0 Å². The van der Waals surface area contributed by atoms with Crippen molar-refractivity contribution in [1.82, 2.24) is 0 Å². The number of benzene rings is 2. The van der Waals surface area contributed by atoms with Crippen LogP contribution in [0.15, 0.2) is 42.5 Å². The first-order chi connectivity index (χ1) is 8.08.